The Morgan fingerprint density at radius 2 is 1.58 bits per heavy atom. The van der Waals surface area contributed by atoms with Gasteiger partial charge >= 0.3 is 5.97 Å². The summed E-state index contributed by atoms with van der Waals surface area (Å²) in [6.07, 6.45) is 0.0701. The summed E-state index contributed by atoms with van der Waals surface area (Å²) < 4.78 is 39.3. The van der Waals surface area contributed by atoms with Gasteiger partial charge in [-0.25, -0.2) is 0 Å². The first-order chi connectivity index (χ1) is 15.1. The predicted molar refractivity (Wildman–Crippen MR) is 108 cm³/mol. The molecule has 0 unspecified atom stereocenters. The average Bonchev–Trinajstić information content (AvgIpc) is 3.49. The van der Waals surface area contributed by atoms with Crippen molar-refractivity contribution in [3.63, 3.8) is 0 Å². The van der Waals surface area contributed by atoms with Crippen LogP contribution >= 0.6 is 0 Å². The summed E-state index contributed by atoms with van der Waals surface area (Å²) in [5.74, 6) is 2.15. The molecule has 3 atom stereocenters. The standard InChI is InChI=1S/C23H24O8/c1-25-17-7-12(8-18(26-2)20(17)27-3)19-13-9-15-16(31-11-30-15)10-14(13)21-23(19,5-6-29-21)22(24)28-4/h7-10,19,21H,5-6,11H2,1-4H3/t19-,21-,23-/m1/s1. The number of hydrogen-bond acceptors (Lipinski definition) is 8. The van der Waals surface area contributed by atoms with Gasteiger partial charge in [0, 0.05) is 12.5 Å². The van der Waals surface area contributed by atoms with E-state index in [1.165, 1.54) is 7.11 Å². The van der Waals surface area contributed by atoms with Crippen LogP contribution in [-0.2, 0) is 14.3 Å². The van der Waals surface area contributed by atoms with Crippen LogP contribution in [0.2, 0.25) is 0 Å². The minimum Gasteiger partial charge on any atom is -0.493 e. The van der Waals surface area contributed by atoms with Crippen LogP contribution in [-0.4, -0.2) is 47.8 Å². The van der Waals surface area contributed by atoms with E-state index >= 15 is 0 Å². The summed E-state index contributed by atoms with van der Waals surface area (Å²) in [5, 5.41) is 0. The van der Waals surface area contributed by atoms with Crippen LogP contribution in [0, 0.1) is 5.41 Å². The van der Waals surface area contributed by atoms with Gasteiger partial charge in [-0.15, -0.1) is 0 Å². The first-order valence-electron chi connectivity index (χ1n) is 10.0. The minimum atomic E-state index is -0.920. The molecule has 31 heavy (non-hydrogen) atoms. The molecule has 3 aliphatic rings. The highest BCUT2D eigenvalue weighted by molar-refractivity contribution is 5.83. The van der Waals surface area contributed by atoms with Crippen molar-refractivity contribution >= 4 is 5.97 Å². The van der Waals surface area contributed by atoms with Crippen molar-refractivity contribution < 1.29 is 38.0 Å². The highest BCUT2D eigenvalue weighted by atomic mass is 16.7. The molecule has 1 saturated heterocycles. The van der Waals surface area contributed by atoms with E-state index in [9.17, 15) is 4.79 Å². The molecule has 2 aromatic rings. The minimum absolute atomic E-state index is 0.167. The van der Waals surface area contributed by atoms with Gasteiger partial charge in [-0.1, -0.05) is 0 Å². The van der Waals surface area contributed by atoms with Crippen LogP contribution in [0.3, 0.4) is 0 Å². The zero-order chi connectivity index (χ0) is 21.8. The van der Waals surface area contributed by atoms with E-state index in [1.54, 1.807) is 21.3 Å². The summed E-state index contributed by atoms with van der Waals surface area (Å²) in [6, 6.07) is 7.62. The largest absolute Gasteiger partial charge is 0.493 e. The van der Waals surface area contributed by atoms with Crippen LogP contribution in [0.15, 0.2) is 24.3 Å². The maximum Gasteiger partial charge on any atom is 0.315 e. The molecule has 8 nitrogen and oxygen atoms in total. The van der Waals surface area contributed by atoms with Gasteiger partial charge in [0.2, 0.25) is 12.5 Å². The molecule has 0 saturated carbocycles. The van der Waals surface area contributed by atoms with E-state index in [0.717, 1.165) is 16.7 Å². The Hall–Kier alpha value is -3.13. The second kappa shape index (κ2) is 7.23. The third-order valence-corrected chi connectivity index (χ3v) is 6.54. The highest BCUT2D eigenvalue weighted by Gasteiger charge is 2.63. The van der Waals surface area contributed by atoms with Crippen LogP contribution in [0.1, 0.15) is 35.1 Å². The maximum absolute atomic E-state index is 13.3. The van der Waals surface area contributed by atoms with Gasteiger partial charge < -0.3 is 33.2 Å². The van der Waals surface area contributed by atoms with Gasteiger partial charge in [0.1, 0.15) is 11.5 Å². The van der Waals surface area contributed by atoms with Gasteiger partial charge in [-0.2, -0.15) is 0 Å². The van der Waals surface area contributed by atoms with Gasteiger partial charge in [-0.05, 0) is 47.4 Å². The number of esters is 1. The zero-order valence-corrected chi connectivity index (χ0v) is 17.9. The fourth-order valence-corrected chi connectivity index (χ4v) is 5.28. The summed E-state index contributed by atoms with van der Waals surface area (Å²) in [5.41, 5.74) is 1.77. The molecule has 2 aromatic carbocycles. The first-order valence-corrected chi connectivity index (χ1v) is 10.0. The quantitative estimate of drug-likeness (QED) is 0.672. The molecule has 164 valence electrons. The smallest absolute Gasteiger partial charge is 0.315 e. The summed E-state index contributed by atoms with van der Waals surface area (Å²) >= 11 is 0. The molecule has 1 aliphatic carbocycles. The predicted octanol–water partition coefficient (Wildman–Crippen LogP) is 3.21. The topological polar surface area (TPSA) is 81.7 Å². The molecule has 2 aliphatic heterocycles. The van der Waals surface area contributed by atoms with Crippen LogP contribution in [0.25, 0.3) is 0 Å². The summed E-state index contributed by atoms with van der Waals surface area (Å²) in [7, 11) is 6.11. The molecule has 0 spiro atoms. The number of carbonyl (C=O) groups is 1. The van der Waals surface area contributed by atoms with Gasteiger partial charge in [-0.3, -0.25) is 4.79 Å². The lowest BCUT2D eigenvalue weighted by Gasteiger charge is -2.32. The highest BCUT2D eigenvalue weighted by Crippen LogP contribution is 2.65. The molecule has 0 N–H and O–H groups in total. The van der Waals surface area contributed by atoms with Crippen LogP contribution in [0.4, 0.5) is 0 Å². The monoisotopic (exact) mass is 428 g/mol. The van der Waals surface area contributed by atoms with Crippen LogP contribution in [0.5, 0.6) is 28.7 Å². The second-order valence-electron chi connectivity index (χ2n) is 7.76. The molecule has 0 aromatic heterocycles. The number of benzene rings is 2. The van der Waals surface area contributed by atoms with Crippen molar-refractivity contribution in [2.75, 3.05) is 41.8 Å². The van der Waals surface area contributed by atoms with Crippen LogP contribution < -0.4 is 23.7 Å². The molecule has 0 amide bonds. The summed E-state index contributed by atoms with van der Waals surface area (Å²) in [4.78, 5) is 13.3. The van der Waals surface area contributed by atoms with E-state index < -0.39 is 11.5 Å². The van der Waals surface area contributed by atoms with Crippen molar-refractivity contribution in [1.29, 1.82) is 0 Å². The lowest BCUT2D eigenvalue weighted by Crippen LogP contribution is -2.37. The number of rotatable bonds is 5. The molecule has 1 fully saturated rings. The zero-order valence-electron chi connectivity index (χ0n) is 17.9. The Kier molecular flexibility index (Phi) is 4.62. The Bertz CT molecular complexity index is 1020. The van der Waals surface area contributed by atoms with E-state index in [1.807, 2.05) is 24.3 Å². The second-order valence-corrected chi connectivity index (χ2v) is 7.76. The third kappa shape index (κ3) is 2.61. The van der Waals surface area contributed by atoms with Gasteiger partial charge in [0.05, 0.1) is 28.4 Å². The third-order valence-electron chi connectivity index (χ3n) is 6.54. The Balaban J connectivity index is 1.77. The maximum atomic E-state index is 13.3. The van der Waals surface area contributed by atoms with Crippen molar-refractivity contribution in [3.8, 4) is 28.7 Å². The fourth-order valence-electron chi connectivity index (χ4n) is 5.28. The molecular formula is C23H24O8. The molecule has 8 heteroatoms. The SMILES string of the molecule is COC(=O)[C@@]12CCO[C@@H]1c1cc3c(cc1[C@H]2c1cc(OC)c(OC)c(OC)c1)OCO3. The molecule has 0 radical (unpaired) electrons. The first kappa shape index (κ1) is 19.8. The lowest BCUT2D eigenvalue weighted by molar-refractivity contribution is -0.156. The Morgan fingerprint density at radius 3 is 2.16 bits per heavy atom. The number of methoxy groups -OCH3 is 4. The van der Waals surface area contributed by atoms with Crippen molar-refractivity contribution in [2.24, 2.45) is 5.41 Å². The van der Waals surface area contributed by atoms with Gasteiger partial charge in [0.25, 0.3) is 0 Å². The number of ether oxygens (including phenoxy) is 7. The Morgan fingerprint density at radius 1 is 0.935 bits per heavy atom. The van der Waals surface area contributed by atoms with E-state index in [0.29, 0.717) is 41.8 Å². The summed E-state index contributed by atoms with van der Waals surface area (Å²) in [6.45, 7) is 0.620. The molecule has 5 rings (SSSR count). The van der Waals surface area contributed by atoms with Crippen molar-refractivity contribution in [1.82, 2.24) is 0 Å². The van der Waals surface area contributed by atoms with Crippen molar-refractivity contribution in [2.45, 2.75) is 18.4 Å². The number of carbonyl (C=O) groups excluding carboxylic acids is 1. The Labute approximate surface area is 179 Å². The molecule has 0 bridgehead atoms. The van der Waals surface area contributed by atoms with E-state index in [2.05, 4.69) is 0 Å². The molecular weight excluding hydrogens is 404 g/mol. The molecule has 2 heterocycles. The number of hydrogen-bond donors (Lipinski definition) is 0. The van der Waals surface area contributed by atoms with E-state index in [-0.39, 0.29) is 18.7 Å². The van der Waals surface area contributed by atoms with Gasteiger partial charge in [0.15, 0.2) is 23.0 Å². The number of fused-ring (bicyclic) bond motifs is 4. The van der Waals surface area contributed by atoms with E-state index in [4.69, 9.17) is 33.2 Å². The van der Waals surface area contributed by atoms with Crippen molar-refractivity contribution in [3.05, 3.63) is 41.0 Å². The fraction of sp³-hybridized carbons (Fsp3) is 0.435. The lowest BCUT2D eigenvalue weighted by atomic mass is 9.70. The average molecular weight is 428 g/mol. The normalized spacial score (nSPS) is 25.0.